The molecule has 0 spiro atoms. The number of piperidine rings is 1. The van der Waals surface area contributed by atoms with Crippen molar-refractivity contribution < 1.29 is 13.9 Å². The smallest absolute Gasteiger partial charge is 0.264 e. The number of likely N-dealkylation sites (tertiary alicyclic amines) is 1. The second-order valence-electron chi connectivity index (χ2n) is 14.3. The first kappa shape index (κ1) is 34.0. The quantitative estimate of drug-likeness (QED) is 0.192. The van der Waals surface area contributed by atoms with E-state index in [9.17, 15) is 10.1 Å². The summed E-state index contributed by atoms with van der Waals surface area (Å²) in [5.41, 5.74) is 7.08. The molecule has 2 aromatic heterocycles. The number of ether oxygens (including phenoxy) is 1. The third-order valence-electron chi connectivity index (χ3n) is 9.61. The molecule has 0 radical (unpaired) electrons. The Bertz CT molecular complexity index is 1900. The fourth-order valence-electron chi connectivity index (χ4n) is 6.86. The normalized spacial score (nSPS) is 18.4. The van der Waals surface area contributed by atoms with Crippen LogP contribution in [0.1, 0.15) is 53.5 Å². The molecule has 2 aliphatic heterocycles. The molecule has 0 unspecified atom stereocenters. The van der Waals surface area contributed by atoms with Gasteiger partial charge in [-0.3, -0.25) is 14.6 Å². The number of carbonyl (C=O) groups is 1. The Kier molecular flexibility index (Phi) is 9.42. The lowest BCUT2D eigenvalue weighted by molar-refractivity contribution is -0.128. The molecule has 2 saturated heterocycles. The van der Waals surface area contributed by atoms with Gasteiger partial charge in [0.15, 0.2) is 5.65 Å². The number of hydrogen-bond acceptors (Lipinski definition) is 9. The minimum absolute atomic E-state index is 0.0966. The van der Waals surface area contributed by atoms with Gasteiger partial charge in [-0.2, -0.15) is 10.4 Å². The Labute approximate surface area is 286 Å². The number of nitrogens with two attached hydrogens (primary N) is 1. The number of amides is 1. The van der Waals surface area contributed by atoms with Crippen molar-refractivity contribution in [2.45, 2.75) is 64.6 Å². The Morgan fingerprint density at radius 1 is 1.00 bits per heavy atom. The van der Waals surface area contributed by atoms with Crippen molar-refractivity contribution in [1.82, 2.24) is 34.4 Å². The summed E-state index contributed by atoms with van der Waals surface area (Å²) in [6.07, 6.45) is 4.59. The van der Waals surface area contributed by atoms with Gasteiger partial charge in [0.25, 0.3) is 5.91 Å². The third kappa shape index (κ3) is 7.14. The van der Waals surface area contributed by atoms with Gasteiger partial charge >= 0.3 is 0 Å². The Hall–Kier alpha value is -4.86. The number of carbonyl (C=O) groups excluding carboxylic acids is 1. The summed E-state index contributed by atoms with van der Waals surface area (Å²) in [4.78, 5) is 29.0. The molecule has 0 saturated carbocycles. The van der Waals surface area contributed by atoms with E-state index >= 15 is 4.39 Å². The van der Waals surface area contributed by atoms with Crippen LogP contribution in [0.3, 0.4) is 0 Å². The molecular weight excluding hydrogens is 621 g/mol. The van der Waals surface area contributed by atoms with Crippen LogP contribution in [0.25, 0.3) is 22.3 Å². The maximum Gasteiger partial charge on any atom is 0.264 e. The fraction of sp³-hybridized carbons (Fsp3) is 0.432. The summed E-state index contributed by atoms with van der Waals surface area (Å²) in [7, 11) is 0. The second-order valence-corrected chi connectivity index (χ2v) is 14.3. The third-order valence-corrected chi connectivity index (χ3v) is 9.61. The van der Waals surface area contributed by atoms with Crippen molar-refractivity contribution in [3.05, 3.63) is 72.3 Å². The van der Waals surface area contributed by atoms with Crippen LogP contribution in [0, 0.1) is 17.1 Å². The van der Waals surface area contributed by atoms with Crippen molar-refractivity contribution in [3.8, 4) is 28.8 Å². The standard InChI is InChI=1S/C37H44FN9O2/c1-36(2,3)45-16-18-46(19-17-45)37(4,5)21-25(22-39)35(48)44-15-9-10-26(23-44)47-34-31(33(40)41-24-42-34)32(43-47)29-14-13-28(20-30(29)38)49-27-11-7-6-8-12-27/h6-8,11-14,20-21,24,26H,9-10,15-19,23H2,1-5H3,(H2,40,41,42)/b25-21-/t26-/m0/s1. The van der Waals surface area contributed by atoms with E-state index in [1.165, 1.54) is 12.4 Å². The molecule has 0 bridgehead atoms. The second kappa shape index (κ2) is 13.6. The van der Waals surface area contributed by atoms with Gasteiger partial charge in [-0.1, -0.05) is 18.2 Å². The maximum atomic E-state index is 15.7. The SMILES string of the molecule is CC(C)(C)N1CCN(C(C)(C)/C=C(/C#N)C(=O)N2CCC[C@H](n3nc(-c4ccc(Oc5ccccc5)cc4F)c4c(N)ncnc43)C2)CC1. The average Bonchev–Trinajstić information content (AvgIpc) is 3.48. The molecule has 2 aliphatic rings. The molecule has 2 fully saturated rings. The zero-order chi connectivity index (χ0) is 34.9. The van der Waals surface area contributed by atoms with Crippen molar-refractivity contribution in [2.75, 3.05) is 45.0 Å². The number of piperazine rings is 1. The van der Waals surface area contributed by atoms with Crippen molar-refractivity contribution in [3.63, 3.8) is 0 Å². The van der Waals surface area contributed by atoms with Crippen molar-refractivity contribution in [2.24, 2.45) is 0 Å². The number of para-hydroxylation sites is 1. The molecule has 12 heteroatoms. The van der Waals surface area contributed by atoms with Crippen molar-refractivity contribution >= 4 is 22.8 Å². The molecule has 1 atom stereocenters. The molecule has 2 N–H and O–H groups in total. The molecule has 2 aromatic carbocycles. The zero-order valence-corrected chi connectivity index (χ0v) is 28.9. The van der Waals surface area contributed by atoms with Crippen LogP contribution in [0.15, 0.2) is 66.5 Å². The molecular formula is C37H44FN9O2. The molecule has 256 valence electrons. The molecule has 4 aromatic rings. The van der Waals surface area contributed by atoms with Gasteiger partial charge in [-0.15, -0.1) is 0 Å². The molecule has 11 nitrogen and oxygen atoms in total. The van der Waals surface area contributed by atoms with E-state index in [0.29, 0.717) is 54.2 Å². The highest BCUT2D eigenvalue weighted by Crippen LogP contribution is 2.36. The van der Waals surface area contributed by atoms with Crippen LogP contribution in [-0.2, 0) is 4.79 Å². The number of hydrogen-bond donors (Lipinski definition) is 1. The lowest BCUT2D eigenvalue weighted by Crippen LogP contribution is -2.58. The van der Waals surface area contributed by atoms with E-state index in [2.05, 4.69) is 60.5 Å². The predicted molar refractivity (Wildman–Crippen MR) is 187 cm³/mol. The number of nitrogens with zero attached hydrogens (tertiary/aromatic N) is 8. The average molecular weight is 666 g/mol. The highest BCUT2D eigenvalue weighted by atomic mass is 19.1. The fourth-order valence-corrected chi connectivity index (χ4v) is 6.86. The van der Waals surface area contributed by atoms with Gasteiger partial charge < -0.3 is 15.4 Å². The van der Waals surface area contributed by atoms with E-state index in [0.717, 1.165) is 26.2 Å². The van der Waals surface area contributed by atoms with Gasteiger partial charge in [0.2, 0.25) is 0 Å². The molecule has 0 aliphatic carbocycles. The van der Waals surface area contributed by atoms with E-state index in [1.807, 2.05) is 24.3 Å². The number of rotatable bonds is 7. The van der Waals surface area contributed by atoms with E-state index in [4.69, 9.17) is 15.6 Å². The summed E-state index contributed by atoms with van der Waals surface area (Å²) >= 11 is 0. The number of benzene rings is 2. The molecule has 4 heterocycles. The number of nitriles is 1. The highest BCUT2D eigenvalue weighted by molar-refractivity contribution is 5.99. The van der Waals surface area contributed by atoms with Gasteiger partial charge in [-0.05, 0) is 77.8 Å². The Balaban J connectivity index is 1.24. The lowest BCUT2D eigenvalue weighted by atomic mass is 9.96. The summed E-state index contributed by atoms with van der Waals surface area (Å²) in [5.74, 6) is 0.280. The molecule has 6 rings (SSSR count). The first-order chi connectivity index (χ1) is 23.4. The van der Waals surface area contributed by atoms with Gasteiger partial charge in [0, 0.05) is 62.0 Å². The van der Waals surface area contributed by atoms with E-state index in [-0.39, 0.29) is 34.4 Å². The summed E-state index contributed by atoms with van der Waals surface area (Å²) < 4.78 is 23.2. The van der Waals surface area contributed by atoms with E-state index in [1.54, 1.807) is 33.8 Å². The van der Waals surface area contributed by atoms with Gasteiger partial charge in [-0.25, -0.2) is 19.0 Å². The Morgan fingerprint density at radius 3 is 2.39 bits per heavy atom. The number of halogens is 1. The Morgan fingerprint density at radius 2 is 1.71 bits per heavy atom. The lowest BCUT2D eigenvalue weighted by Gasteiger charge is -2.47. The summed E-state index contributed by atoms with van der Waals surface area (Å²) in [6, 6.07) is 15.7. The largest absolute Gasteiger partial charge is 0.457 e. The summed E-state index contributed by atoms with van der Waals surface area (Å²) in [6.45, 7) is 15.2. The zero-order valence-electron chi connectivity index (χ0n) is 28.9. The van der Waals surface area contributed by atoms with Gasteiger partial charge in [0.1, 0.15) is 46.8 Å². The molecule has 1 amide bonds. The van der Waals surface area contributed by atoms with Gasteiger partial charge in [0.05, 0.1) is 11.4 Å². The highest BCUT2D eigenvalue weighted by Gasteiger charge is 2.35. The number of aromatic nitrogens is 4. The van der Waals surface area contributed by atoms with Crippen LogP contribution in [0.4, 0.5) is 10.2 Å². The first-order valence-corrected chi connectivity index (χ1v) is 16.8. The van der Waals surface area contributed by atoms with Crippen LogP contribution in [0.2, 0.25) is 0 Å². The summed E-state index contributed by atoms with van der Waals surface area (Å²) in [5, 5.41) is 15.4. The number of fused-ring (bicyclic) bond motifs is 1. The van der Waals surface area contributed by atoms with E-state index < -0.39 is 11.4 Å². The van der Waals surface area contributed by atoms with Crippen LogP contribution >= 0.6 is 0 Å². The van der Waals surface area contributed by atoms with Crippen molar-refractivity contribution in [1.29, 1.82) is 5.26 Å². The number of nitrogen functional groups attached to an aromatic ring is 1. The monoisotopic (exact) mass is 665 g/mol. The minimum Gasteiger partial charge on any atom is -0.457 e. The van der Waals surface area contributed by atoms with Crippen LogP contribution in [-0.4, -0.2) is 90.7 Å². The predicted octanol–water partition coefficient (Wildman–Crippen LogP) is 5.82. The van der Waals surface area contributed by atoms with Crippen LogP contribution < -0.4 is 10.5 Å². The first-order valence-electron chi connectivity index (χ1n) is 16.8. The molecule has 49 heavy (non-hydrogen) atoms. The minimum atomic E-state index is -0.532. The topological polar surface area (TPSA) is 129 Å². The maximum absolute atomic E-state index is 15.7. The number of anilines is 1. The van der Waals surface area contributed by atoms with Crippen LogP contribution in [0.5, 0.6) is 11.5 Å².